The van der Waals surface area contributed by atoms with Crippen LogP contribution in [0.15, 0.2) is 73.6 Å². The maximum Gasteiger partial charge on any atom is 0.137 e. The van der Waals surface area contributed by atoms with E-state index in [0.717, 1.165) is 49.9 Å². The van der Waals surface area contributed by atoms with Gasteiger partial charge < -0.3 is 4.98 Å². The molecule has 0 bridgehead atoms. The van der Waals surface area contributed by atoms with Gasteiger partial charge in [0, 0.05) is 59.3 Å². The van der Waals surface area contributed by atoms with Crippen molar-refractivity contribution < 1.29 is 0 Å². The number of benzene rings is 1. The van der Waals surface area contributed by atoms with Crippen molar-refractivity contribution in [1.82, 2.24) is 39.7 Å². The monoisotopic (exact) mass is 406 g/mol. The Labute approximate surface area is 177 Å². The average molecular weight is 406 g/mol. The number of hydrogen-bond donors (Lipinski definition) is 1. The fourth-order valence-corrected chi connectivity index (χ4v) is 3.91. The first-order valence-electron chi connectivity index (χ1n) is 9.94. The minimum absolute atomic E-state index is 0.600. The van der Waals surface area contributed by atoms with E-state index in [1.165, 1.54) is 0 Å². The molecule has 6 rings (SSSR count). The first-order valence-corrected chi connectivity index (χ1v) is 9.94. The van der Waals surface area contributed by atoms with Gasteiger partial charge in [-0.05, 0) is 17.7 Å². The fraction of sp³-hybridized carbons (Fsp3) is 0.0870. The molecule has 0 aliphatic carbocycles. The summed E-state index contributed by atoms with van der Waals surface area (Å²) in [5.74, 6) is 0. The second-order valence-electron chi connectivity index (χ2n) is 7.52. The Bertz CT molecular complexity index is 1530. The normalized spacial score (nSPS) is 11.5. The maximum atomic E-state index is 4.57. The van der Waals surface area contributed by atoms with Crippen molar-refractivity contribution in [2.45, 2.75) is 6.54 Å². The zero-order chi connectivity index (χ0) is 20.8. The van der Waals surface area contributed by atoms with Crippen molar-refractivity contribution in [3.8, 4) is 22.4 Å². The molecule has 6 aromatic rings. The van der Waals surface area contributed by atoms with Crippen LogP contribution in [0.1, 0.15) is 5.56 Å². The average Bonchev–Trinajstić information content (AvgIpc) is 3.53. The molecule has 150 valence electrons. The van der Waals surface area contributed by atoms with E-state index in [4.69, 9.17) is 0 Å². The van der Waals surface area contributed by atoms with Gasteiger partial charge in [-0.25, -0.2) is 9.67 Å². The molecular weight excluding hydrogens is 388 g/mol. The van der Waals surface area contributed by atoms with E-state index in [1.54, 1.807) is 4.68 Å². The number of aryl methyl sites for hydroxylation is 1. The van der Waals surface area contributed by atoms with Crippen molar-refractivity contribution in [1.29, 1.82) is 0 Å². The zero-order valence-corrected chi connectivity index (χ0v) is 16.8. The summed E-state index contributed by atoms with van der Waals surface area (Å²) in [6.45, 7) is 0.600. The quantitative estimate of drug-likeness (QED) is 0.481. The van der Waals surface area contributed by atoms with Gasteiger partial charge in [-0.15, -0.1) is 5.10 Å². The van der Waals surface area contributed by atoms with E-state index in [1.807, 2.05) is 61.0 Å². The summed E-state index contributed by atoms with van der Waals surface area (Å²) in [6.07, 6.45) is 11.4. The number of pyridine rings is 2. The van der Waals surface area contributed by atoms with E-state index in [0.29, 0.717) is 6.54 Å². The van der Waals surface area contributed by atoms with Crippen LogP contribution in [0.25, 0.3) is 44.3 Å². The Morgan fingerprint density at radius 2 is 1.94 bits per heavy atom. The standard InChI is InChI=1S/C23H18N8/c1-30-12-18(10-27-30)17-8-19-20(11-26-23(19)25-9-17)21-14-31(29-28-21)13-16-5-2-4-15-6-3-7-24-22(15)16/h2-12,14H,13H2,1H3,(H,25,26). The van der Waals surface area contributed by atoms with Crippen LogP contribution in [-0.4, -0.2) is 39.7 Å². The van der Waals surface area contributed by atoms with E-state index in [-0.39, 0.29) is 0 Å². The molecule has 0 radical (unpaired) electrons. The molecule has 0 saturated heterocycles. The smallest absolute Gasteiger partial charge is 0.137 e. The van der Waals surface area contributed by atoms with Gasteiger partial charge in [0.1, 0.15) is 11.3 Å². The molecule has 8 heteroatoms. The van der Waals surface area contributed by atoms with Crippen LogP contribution in [-0.2, 0) is 13.6 Å². The van der Waals surface area contributed by atoms with Crippen molar-refractivity contribution in [3.63, 3.8) is 0 Å². The third-order valence-corrected chi connectivity index (χ3v) is 5.43. The van der Waals surface area contributed by atoms with Gasteiger partial charge in [0.25, 0.3) is 0 Å². The molecule has 5 heterocycles. The fourth-order valence-electron chi connectivity index (χ4n) is 3.91. The number of fused-ring (bicyclic) bond motifs is 2. The van der Waals surface area contributed by atoms with Crippen molar-refractivity contribution >= 4 is 21.9 Å². The number of hydrogen-bond acceptors (Lipinski definition) is 5. The van der Waals surface area contributed by atoms with E-state index in [9.17, 15) is 0 Å². The predicted octanol–water partition coefficient (Wildman–Crippen LogP) is 3.82. The van der Waals surface area contributed by atoms with Crippen LogP contribution < -0.4 is 0 Å². The summed E-state index contributed by atoms with van der Waals surface area (Å²) in [7, 11) is 1.90. The molecule has 8 nitrogen and oxygen atoms in total. The largest absolute Gasteiger partial charge is 0.345 e. The number of H-pyrrole nitrogens is 1. The van der Waals surface area contributed by atoms with E-state index >= 15 is 0 Å². The summed E-state index contributed by atoms with van der Waals surface area (Å²) < 4.78 is 3.63. The van der Waals surface area contributed by atoms with Gasteiger partial charge >= 0.3 is 0 Å². The highest BCUT2D eigenvalue weighted by molar-refractivity contribution is 5.94. The SMILES string of the molecule is Cn1cc(-c2cnc3[nH]cc(-c4cn(Cc5cccc6cccnc56)nn4)c3c2)cn1. The van der Waals surface area contributed by atoms with Crippen LogP contribution in [0, 0.1) is 0 Å². The van der Waals surface area contributed by atoms with Gasteiger partial charge in [0.05, 0.1) is 24.5 Å². The molecule has 0 amide bonds. The van der Waals surface area contributed by atoms with Crippen molar-refractivity contribution in [2.24, 2.45) is 7.05 Å². The lowest BCUT2D eigenvalue weighted by Gasteiger charge is -2.05. The Hall–Kier alpha value is -4.33. The number of para-hydroxylation sites is 1. The Kier molecular flexibility index (Phi) is 3.89. The minimum Gasteiger partial charge on any atom is -0.345 e. The molecule has 0 saturated carbocycles. The van der Waals surface area contributed by atoms with Crippen LogP contribution in [0.3, 0.4) is 0 Å². The number of aromatic nitrogens is 8. The Balaban J connectivity index is 1.37. The predicted molar refractivity (Wildman–Crippen MR) is 118 cm³/mol. The van der Waals surface area contributed by atoms with Gasteiger partial charge in [0.15, 0.2) is 0 Å². The summed E-state index contributed by atoms with van der Waals surface area (Å²) >= 11 is 0. The number of nitrogens with zero attached hydrogens (tertiary/aromatic N) is 7. The topological polar surface area (TPSA) is 90.1 Å². The first-order chi connectivity index (χ1) is 15.2. The number of aromatic amines is 1. The van der Waals surface area contributed by atoms with Crippen LogP contribution in [0.4, 0.5) is 0 Å². The third-order valence-electron chi connectivity index (χ3n) is 5.43. The molecule has 1 N–H and O–H groups in total. The highest BCUT2D eigenvalue weighted by Crippen LogP contribution is 2.30. The number of rotatable bonds is 4. The zero-order valence-electron chi connectivity index (χ0n) is 16.8. The van der Waals surface area contributed by atoms with Gasteiger partial charge in [-0.1, -0.05) is 29.5 Å². The van der Waals surface area contributed by atoms with Gasteiger partial charge in [-0.3, -0.25) is 9.67 Å². The molecule has 0 aliphatic heterocycles. The second kappa shape index (κ2) is 6.88. The lowest BCUT2D eigenvalue weighted by atomic mass is 10.1. The van der Waals surface area contributed by atoms with Crippen molar-refractivity contribution in [2.75, 3.05) is 0 Å². The highest BCUT2D eigenvalue weighted by Gasteiger charge is 2.13. The van der Waals surface area contributed by atoms with E-state index in [2.05, 4.69) is 54.6 Å². The Morgan fingerprint density at radius 3 is 2.84 bits per heavy atom. The molecule has 0 atom stereocenters. The summed E-state index contributed by atoms with van der Waals surface area (Å²) in [5, 5.41) is 15.1. The van der Waals surface area contributed by atoms with Crippen molar-refractivity contribution in [3.05, 3.63) is 79.1 Å². The first kappa shape index (κ1) is 17.5. The second-order valence-corrected chi connectivity index (χ2v) is 7.52. The summed E-state index contributed by atoms with van der Waals surface area (Å²) in [5.41, 5.74) is 6.70. The Morgan fingerprint density at radius 1 is 1.00 bits per heavy atom. The minimum atomic E-state index is 0.600. The lowest BCUT2D eigenvalue weighted by molar-refractivity contribution is 0.652. The van der Waals surface area contributed by atoms with Gasteiger partial charge in [-0.2, -0.15) is 5.10 Å². The molecule has 0 aliphatic rings. The number of nitrogens with one attached hydrogen (secondary N) is 1. The third kappa shape index (κ3) is 3.05. The molecule has 0 spiro atoms. The van der Waals surface area contributed by atoms with Gasteiger partial charge in [0.2, 0.25) is 0 Å². The molecular formula is C23H18N8. The van der Waals surface area contributed by atoms with Crippen LogP contribution >= 0.6 is 0 Å². The molecule has 5 aromatic heterocycles. The lowest BCUT2D eigenvalue weighted by Crippen LogP contribution is -2.01. The molecule has 0 unspecified atom stereocenters. The van der Waals surface area contributed by atoms with Crippen LogP contribution in [0.5, 0.6) is 0 Å². The van der Waals surface area contributed by atoms with Crippen LogP contribution in [0.2, 0.25) is 0 Å². The highest BCUT2D eigenvalue weighted by atomic mass is 15.4. The maximum absolute atomic E-state index is 4.57. The van der Waals surface area contributed by atoms with E-state index < -0.39 is 0 Å². The summed E-state index contributed by atoms with van der Waals surface area (Å²) in [6, 6.07) is 12.3. The summed E-state index contributed by atoms with van der Waals surface area (Å²) in [4.78, 5) is 12.3. The molecule has 31 heavy (non-hydrogen) atoms. The molecule has 1 aromatic carbocycles. The molecule has 0 fully saturated rings.